The number of hydrogen-bond acceptors (Lipinski definition) is 10. The van der Waals surface area contributed by atoms with Crippen molar-refractivity contribution in [3.05, 3.63) is 0 Å². The molecule has 124 valence electrons. The van der Waals surface area contributed by atoms with E-state index in [4.69, 9.17) is 19.7 Å². The van der Waals surface area contributed by atoms with Crippen LogP contribution in [0.2, 0.25) is 0 Å². The fourth-order valence-electron chi connectivity index (χ4n) is 1.85. The van der Waals surface area contributed by atoms with Crippen LogP contribution in [0, 0.1) is 0 Å². The predicted molar refractivity (Wildman–Crippen MR) is 63.8 cm³/mol. The first kappa shape index (κ1) is 18.4. The Labute approximate surface area is 119 Å². The Balaban J connectivity index is 2.76. The summed E-state index contributed by atoms with van der Waals surface area (Å²) < 4.78 is 9.92. The van der Waals surface area contributed by atoms with Crippen molar-refractivity contribution >= 4 is 6.29 Å². The van der Waals surface area contributed by atoms with Crippen LogP contribution in [0.15, 0.2) is 0 Å². The molecule has 0 aliphatic carbocycles. The summed E-state index contributed by atoms with van der Waals surface area (Å²) in [6.45, 7) is -1.51. The topological polar surface area (TPSA) is 177 Å². The fourth-order valence-corrected chi connectivity index (χ4v) is 1.85. The van der Waals surface area contributed by atoms with Gasteiger partial charge in [0.15, 0.2) is 12.6 Å². The molecule has 10 heteroatoms. The molecule has 10 nitrogen and oxygen atoms in total. The van der Waals surface area contributed by atoms with Gasteiger partial charge in [0.2, 0.25) is 0 Å². The number of carbonyl (C=O) groups excluding carboxylic acids is 1. The molecule has 0 unspecified atom stereocenters. The van der Waals surface area contributed by atoms with E-state index in [1.54, 1.807) is 0 Å². The lowest BCUT2D eigenvalue weighted by Gasteiger charge is -2.40. The molecule has 0 aromatic carbocycles. The Morgan fingerprint density at radius 1 is 1.10 bits per heavy atom. The van der Waals surface area contributed by atoms with Crippen molar-refractivity contribution in [1.29, 1.82) is 0 Å². The summed E-state index contributed by atoms with van der Waals surface area (Å²) in [5, 5.41) is 65.3. The highest BCUT2D eigenvalue weighted by atomic mass is 16.7. The number of hydrogen-bond donors (Lipinski definition) is 7. The molecule has 0 aromatic heterocycles. The second kappa shape index (κ2) is 8.08. The first-order chi connectivity index (χ1) is 9.87. The maximum absolute atomic E-state index is 10.9. The van der Waals surface area contributed by atoms with Gasteiger partial charge in [-0.2, -0.15) is 0 Å². The molecule has 1 heterocycles. The van der Waals surface area contributed by atoms with E-state index in [0.29, 0.717) is 0 Å². The summed E-state index contributed by atoms with van der Waals surface area (Å²) in [4.78, 5) is 10.9. The normalized spacial score (nSPS) is 37.8. The molecule has 21 heavy (non-hydrogen) atoms. The second-order valence-electron chi connectivity index (χ2n) is 4.67. The Morgan fingerprint density at radius 2 is 1.71 bits per heavy atom. The summed E-state index contributed by atoms with van der Waals surface area (Å²) in [5.41, 5.74) is 0. The molecule has 0 saturated carbocycles. The van der Waals surface area contributed by atoms with Gasteiger partial charge in [0.1, 0.15) is 42.7 Å². The zero-order valence-corrected chi connectivity index (χ0v) is 11.0. The van der Waals surface area contributed by atoms with E-state index >= 15 is 0 Å². The average molecular weight is 312 g/mol. The van der Waals surface area contributed by atoms with Crippen molar-refractivity contribution in [2.24, 2.45) is 0 Å². The van der Waals surface area contributed by atoms with Gasteiger partial charge < -0.3 is 50.0 Å². The number of aliphatic hydroxyl groups is 7. The van der Waals surface area contributed by atoms with Crippen molar-refractivity contribution in [3.63, 3.8) is 0 Å². The van der Waals surface area contributed by atoms with Crippen molar-refractivity contribution in [1.82, 2.24) is 0 Å². The van der Waals surface area contributed by atoms with Gasteiger partial charge >= 0.3 is 0 Å². The van der Waals surface area contributed by atoms with Gasteiger partial charge in [-0.3, -0.25) is 0 Å². The fraction of sp³-hybridized carbons (Fsp3) is 0.909. The second-order valence-corrected chi connectivity index (χ2v) is 4.67. The third kappa shape index (κ3) is 4.16. The maximum atomic E-state index is 10.9. The third-order valence-electron chi connectivity index (χ3n) is 3.19. The van der Waals surface area contributed by atoms with Crippen LogP contribution < -0.4 is 0 Å². The van der Waals surface area contributed by atoms with E-state index < -0.39 is 62.2 Å². The molecular weight excluding hydrogens is 292 g/mol. The Kier molecular flexibility index (Phi) is 7.06. The minimum atomic E-state index is -1.79. The van der Waals surface area contributed by atoms with Gasteiger partial charge in [0.05, 0.1) is 13.2 Å². The lowest BCUT2D eigenvalue weighted by molar-refractivity contribution is -0.314. The Hall–Kier alpha value is -0.690. The van der Waals surface area contributed by atoms with Crippen molar-refractivity contribution in [2.75, 3.05) is 13.2 Å². The summed E-state index contributed by atoms with van der Waals surface area (Å²) in [6, 6.07) is 0. The number of aliphatic hydroxyl groups excluding tert-OH is 7. The maximum Gasteiger partial charge on any atom is 0.187 e. The van der Waals surface area contributed by atoms with E-state index in [0.717, 1.165) is 0 Å². The van der Waals surface area contributed by atoms with Gasteiger partial charge in [-0.05, 0) is 0 Å². The van der Waals surface area contributed by atoms with Crippen LogP contribution in [0.3, 0.4) is 0 Å². The SMILES string of the molecule is O=C[C@H](O[C@@H]1O[C@H](CO)[C@H](O)[C@H](O)[C@H]1O)[C@@H](O)[C@H](O)CO. The molecule has 0 amide bonds. The smallest absolute Gasteiger partial charge is 0.187 e. The molecule has 1 saturated heterocycles. The van der Waals surface area contributed by atoms with Crippen molar-refractivity contribution in [2.45, 2.75) is 49.0 Å². The molecule has 1 fully saturated rings. The van der Waals surface area contributed by atoms with Crippen LogP contribution in [-0.4, -0.2) is 104 Å². The number of carbonyl (C=O) groups is 1. The molecule has 0 spiro atoms. The summed E-state index contributed by atoms with van der Waals surface area (Å²) >= 11 is 0. The van der Waals surface area contributed by atoms with Crippen molar-refractivity contribution in [3.8, 4) is 0 Å². The summed E-state index contributed by atoms with van der Waals surface area (Å²) in [7, 11) is 0. The molecule has 1 aliphatic heterocycles. The summed E-state index contributed by atoms with van der Waals surface area (Å²) in [6.07, 6.45) is -12.9. The molecule has 0 bridgehead atoms. The van der Waals surface area contributed by atoms with Crippen LogP contribution >= 0.6 is 0 Å². The molecule has 1 rings (SSSR count). The van der Waals surface area contributed by atoms with E-state index in [1.807, 2.05) is 0 Å². The van der Waals surface area contributed by atoms with Gasteiger partial charge in [-0.1, -0.05) is 0 Å². The van der Waals surface area contributed by atoms with Gasteiger partial charge in [-0.15, -0.1) is 0 Å². The third-order valence-corrected chi connectivity index (χ3v) is 3.19. The largest absolute Gasteiger partial charge is 0.394 e. The van der Waals surface area contributed by atoms with Crippen LogP contribution in [0.5, 0.6) is 0 Å². The van der Waals surface area contributed by atoms with Gasteiger partial charge in [0.25, 0.3) is 0 Å². The average Bonchev–Trinajstić information content (AvgIpc) is 2.50. The minimum absolute atomic E-state index is 0.116. The Morgan fingerprint density at radius 3 is 2.19 bits per heavy atom. The van der Waals surface area contributed by atoms with Crippen LogP contribution in [0.1, 0.15) is 0 Å². The molecule has 1 aliphatic rings. The minimum Gasteiger partial charge on any atom is -0.394 e. The summed E-state index contributed by atoms with van der Waals surface area (Å²) in [5.74, 6) is 0. The Bertz CT molecular complexity index is 324. The van der Waals surface area contributed by atoms with Gasteiger partial charge in [-0.25, -0.2) is 0 Å². The molecule has 0 radical (unpaired) electrons. The van der Waals surface area contributed by atoms with Crippen LogP contribution in [0.4, 0.5) is 0 Å². The van der Waals surface area contributed by atoms with E-state index in [9.17, 15) is 30.3 Å². The first-order valence-electron chi connectivity index (χ1n) is 6.25. The van der Waals surface area contributed by atoms with Crippen molar-refractivity contribution < 1.29 is 50.0 Å². The predicted octanol–water partition coefficient (Wildman–Crippen LogP) is -4.92. The highest BCUT2D eigenvalue weighted by Crippen LogP contribution is 2.23. The molecule has 8 atom stereocenters. The van der Waals surface area contributed by atoms with Crippen LogP contribution in [-0.2, 0) is 14.3 Å². The molecular formula is C11H20O10. The van der Waals surface area contributed by atoms with E-state index in [-0.39, 0.29) is 6.29 Å². The van der Waals surface area contributed by atoms with Gasteiger partial charge in [0, 0.05) is 0 Å². The standard InChI is InChI=1S/C11H20O10/c12-1-4(15)7(16)5(2-13)20-11-10(19)9(18)8(17)6(3-14)21-11/h2,4-12,14-19H,1,3H2/t4-,5+,6-,7+,8+,9+,10-,11-/m1/s1. The zero-order valence-electron chi connectivity index (χ0n) is 11.0. The quantitative estimate of drug-likeness (QED) is 0.225. The molecule has 7 N–H and O–H groups in total. The number of ether oxygens (including phenoxy) is 2. The number of aldehydes is 1. The zero-order chi connectivity index (χ0) is 16.2. The lowest BCUT2D eigenvalue weighted by Crippen LogP contribution is -2.60. The van der Waals surface area contributed by atoms with Crippen LogP contribution in [0.25, 0.3) is 0 Å². The lowest BCUT2D eigenvalue weighted by atomic mass is 9.99. The first-order valence-corrected chi connectivity index (χ1v) is 6.25. The highest BCUT2D eigenvalue weighted by Gasteiger charge is 2.45. The van der Waals surface area contributed by atoms with E-state index in [2.05, 4.69) is 0 Å². The number of rotatable bonds is 7. The molecule has 0 aromatic rings. The monoisotopic (exact) mass is 312 g/mol. The highest BCUT2D eigenvalue weighted by molar-refractivity contribution is 5.57. The van der Waals surface area contributed by atoms with E-state index in [1.165, 1.54) is 0 Å².